The number of benzene rings is 2. The van der Waals surface area contributed by atoms with Gasteiger partial charge in [-0.25, -0.2) is 0 Å². The molecule has 0 saturated heterocycles. The fourth-order valence-corrected chi connectivity index (χ4v) is 2.18. The molecule has 2 aromatic rings. The normalized spacial score (nSPS) is 11.8. The zero-order valence-corrected chi connectivity index (χ0v) is 12.6. The second kappa shape index (κ2) is 6.50. The summed E-state index contributed by atoms with van der Waals surface area (Å²) in [5, 5.41) is 3.35. The zero-order valence-electron chi connectivity index (χ0n) is 11.9. The van der Waals surface area contributed by atoms with Gasteiger partial charge in [-0.3, -0.25) is 4.79 Å². The van der Waals surface area contributed by atoms with E-state index in [-0.39, 0.29) is 11.9 Å². The van der Waals surface area contributed by atoms with Crippen LogP contribution >= 0.6 is 11.6 Å². The molecule has 0 aliphatic rings. The number of anilines is 1. The molecule has 0 radical (unpaired) electrons. The monoisotopic (exact) mass is 304 g/mol. The van der Waals surface area contributed by atoms with Crippen molar-refractivity contribution in [3.63, 3.8) is 0 Å². The van der Waals surface area contributed by atoms with Crippen LogP contribution in [0.4, 0.5) is 5.69 Å². The van der Waals surface area contributed by atoms with E-state index < -0.39 is 0 Å². The summed E-state index contributed by atoms with van der Waals surface area (Å²) in [6, 6.07) is 12.2. The van der Waals surface area contributed by atoms with E-state index in [1.54, 1.807) is 25.3 Å². The quantitative estimate of drug-likeness (QED) is 0.851. The number of amides is 1. The van der Waals surface area contributed by atoms with Crippen LogP contribution in [0.2, 0.25) is 5.02 Å². The highest BCUT2D eigenvalue weighted by Crippen LogP contribution is 2.25. The molecular formula is C16H17ClN2O2. The van der Waals surface area contributed by atoms with Crippen LogP contribution in [0.15, 0.2) is 42.5 Å². The average Bonchev–Trinajstić information content (AvgIpc) is 2.49. The van der Waals surface area contributed by atoms with Crippen molar-refractivity contribution in [2.75, 3.05) is 12.8 Å². The van der Waals surface area contributed by atoms with E-state index in [2.05, 4.69) is 5.32 Å². The van der Waals surface area contributed by atoms with Crippen molar-refractivity contribution in [2.24, 2.45) is 0 Å². The molecule has 0 heterocycles. The number of para-hydroxylation sites is 1. The van der Waals surface area contributed by atoms with Gasteiger partial charge in [0.2, 0.25) is 0 Å². The van der Waals surface area contributed by atoms with Crippen molar-refractivity contribution < 1.29 is 9.53 Å². The third-order valence-corrected chi connectivity index (χ3v) is 3.56. The molecule has 0 saturated carbocycles. The Labute approximate surface area is 128 Å². The molecule has 1 atom stereocenters. The predicted octanol–water partition coefficient (Wildman–Crippen LogP) is 3.42. The number of nitrogens with two attached hydrogens (primary N) is 1. The van der Waals surface area contributed by atoms with Crippen LogP contribution in [-0.4, -0.2) is 13.0 Å². The molecule has 0 fully saturated rings. The fraction of sp³-hybridized carbons (Fsp3) is 0.188. The summed E-state index contributed by atoms with van der Waals surface area (Å²) in [6.07, 6.45) is 0. The number of rotatable bonds is 4. The molecule has 3 N–H and O–H groups in total. The summed E-state index contributed by atoms with van der Waals surface area (Å²) in [4.78, 5) is 12.2. The second-order valence-electron chi connectivity index (χ2n) is 4.67. The number of nitrogens with one attached hydrogen (secondary N) is 1. The van der Waals surface area contributed by atoms with Gasteiger partial charge in [-0.05, 0) is 31.2 Å². The number of hydrogen-bond acceptors (Lipinski definition) is 3. The Morgan fingerprint density at radius 2 is 2.00 bits per heavy atom. The molecule has 1 amide bonds. The number of hydrogen-bond donors (Lipinski definition) is 2. The lowest BCUT2D eigenvalue weighted by molar-refractivity contribution is 0.0939. The van der Waals surface area contributed by atoms with Crippen molar-refractivity contribution >= 4 is 23.2 Å². The summed E-state index contributed by atoms with van der Waals surface area (Å²) in [5.74, 6) is 0.526. The van der Waals surface area contributed by atoms with E-state index in [4.69, 9.17) is 22.1 Å². The first-order chi connectivity index (χ1) is 10.0. The van der Waals surface area contributed by atoms with Gasteiger partial charge in [0.05, 0.1) is 23.9 Å². The van der Waals surface area contributed by atoms with Crippen LogP contribution in [0.1, 0.15) is 28.9 Å². The average molecular weight is 305 g/mol. The maximum absolute atomic E-state index is 12.2. The maximum Gasteiger partial charge on any atom is 0.251 e. The van der Waals surface area contributed by atoms with Crippen molar-refractivity contribution in [1.29, 1.82) is 0 Å². The number of methoxy groups -OCH3 is 1. The lowest BCUT2D eigenvalue weighted by atomic mass is 10.1. The van der Waals surface area contributed by atoms with Gasteiger partial charge in [-0.15, -0.1) is 0 Å². The minimum atomic E-state index is -0.211. The second-order valence-corrected chi connectivity index (χ2v) is 5.08. The summed E-state index contributed by atoms with van der Waals surface area (Å²) >= 11 is 5.85. The highest BCUT2D eigenvalue weighted by molar-refractivity contribution is 6.33. The van der Waals surface area contributed by atoms with E-state index in [0.717, 1.165) is 11.3 Å². The smallest absolute Gasteiger partial charge is 0.251 e. The molecule has 0 aliphatic carbocycles. The van der Waals surface area contributed by atoms with E-state index in [1.807, 2.05) is 31.2 Å². The predicted molar refractivity (Wildman–Crippen MR) is 84.7 cm³/mol. The van der Waals surface area contributed by atoms with Gasteiger partial charge in [-0.1, -0.05) is 29.8 Å². The van der Waals surface area contributed by atoms with E-state index >= 15 is 0 Å². The van der Waals surface area contributed by atoms with Crippen LogP contribution in [0, 0.1) is 0 Å². The summed E-state index contributed by atoms with van der Waals surface area (Å²) < 4.78 is 5.30. The third-order valence-electron chi connectivity index (χ3n) is 3.21. The SMILES string of the molecule is COc1ccccc1C(C)NC(=O)c1ccc(Cl)c(N)c1. The van der Waals surface area contributed by atoms with Gasteiger partial charge in [0, 0.05) is 11.1 Å². The maximum atomic E-state index is 12.2. The number of carbonyl (C=O) groups is 1. The molecule has 4 nitrogen and oxygen atoms in total. The molecule has 21 heavy (non-hydrogen) atoms. The van der Waals surface area contributed by atoms with Gasteiger partial charge in [0.15, 0.2) is 0 Å². The van der Waals surface area contributed by atoms with E-state index in [0.29, 0.717) is 16.3 Å². The van der Waals surface area contributed by atoms with Crippen molar-refractivity contribution in [2.45, 2.75) is 13.0 Å². The van der Waals surface area contributed by atoms with E-state index in [1.165, 1.54) is 0 Å². The first-order valence-corrected chi connectivity index (χ1v) is 6.89. The Kier molecular flexibility index (Phi) is 4.70. The van der Waals surface area contributed by atoms with Crippen molar-refractivity contribution in [1.82, 2.24) is 5.32 Å². The largest absolute Gasteiger partial charge is 0.496 e. The zero-order chi connectivity index (χ0) is 15.4. The Morgan fingerprint density at radius 1 is 1.29 bits per heavy atom. The Hall–Kier alpha value is -2.20. The summed E-state index contributed by atoms with van der Waals surface area (Å²) in [6.45, 7) is 1.90. The number of nitrogen functional groups attached to an aromatic ring is 1. The van der Waals surface area contributed by atoms with Gasteiger partial charge >= 0.3 is 0 Å². The Morgan fingerprint density at radius 3 is 2.67 bits per heavy atom. The van der Waals surface area contributed by atoms with E-state index in [9.17, 15) is 4.79 Å². The van der Waals surface area contributed by atoms with Crippen molar-refractivity contribution in [3.8, 4) is 5.75 Å². The van der Waals surface area contributed by atoms with Gasteiger partial charge in [0.25, 0.3) is 5.91 Å². The van der Waals surface area contributed by atoms with Crippen LogP contribution in [0.5, 0.6) is 5.75 Å². The topological polar surface area (TPSA) is 64.3 Å². The Bertz CT molecular complexity index is 658. The fourth-order valence-electron chi connectivity index (χ4n) is 2.07. The molecule has 0 bridgehead atoms. The molecule has 0 aromatic heterocycles. The van der Waals surface area contributed by atoms with Gasteiger partial charge in [-0.2, -0.15) is 0 Å². The molecule has 0 aliphatic heterocycles. The van der Waals surface area contributed by atoms with Gasteiger partial charge in [0.1, 0.15) is 5.75 Å². The molecule has 5 heteroatoms. The molecule has 2 aromatic carbocycles. The molecule has 110 valence electrons. The Balaban J connectivity index is 2.16. The van der Waals surface area contributed by atoms with Crippen molar-refractivity contribution in [3.05, 3.63) is 58.6 Å². The number of halogens is 1. The highest BCUT2D eigenvalue weighted by atomic mass is 35.5. The molecule has 1 unspecified atom stereocenters. The molecule has 0 spiro atoms. The third kappa shape index (κ3) is 3.47. The highest BCUT2D eigenvalue weighted by Gasteiger charge is 2.15. The lowest BCUT2D eigenvalue weighted by Crippen LogP contribution is -2.27. The van der Waals surface area contributed by atoms with Crippen LogP contribution < -0.4 is 15.8 Å². The molecule has 2 rings (SSSR count). The first kappa shape index (κ1) is 15.2. The number of ether oxygens (including phenoxy) is 1. The van der Waals surface area contributed by atoms with Crippen LogP contribution in [-0.2, 0) is 0 Å². The van der Waals surface area contributed by atoms with Crippen LogP contribution in [0.25, 0.3) is 0 Å². The number of carbonyl (C=O) groups excluding carboxylic acids is 1. The molecular weight excluding hydrogens is 288 g/mol. The van der Waals surface area contributed by atoms with Gasteiger partial charge < -0.3 is 15.8 Å². The summed E-state index contributed by atoms with van der Waals surface area (Å²) in [5.41, 5.74) is 7.48. The lowest BCUT2D eigenvalue weighted by Gasteiger charge is -2.17. The standard InChI is InChI=1S/C16H17ClN2O2/c1-10(12-5-3-4-6-15(12)21-2)19-16(20)11-7-8-13(17)14(18)9-11/h3-10H,18H2,1-2H3,(H,19,20). The minimum Gasteiger partial charge on any atom is -0.496 e. The van der Waals surface area contributed by atoms with Crippen LogP contribution in [0.3, 0.4) is 0 Å². The summed E-state index contributed by atoms with van der Waals surface area (Å²) in [7, 11) is 1.60. The first-order valence-electron chi connectivity index (χ1n) is 6.51. The minimum absolute atomic E-state index is 0.189.